The van der Waals surface area contributed by atoms with E-state index in [0.717, 1.165) is 66.5 Å². The van der Waals surface area contributed by atoms with Crippen LogP contribution < -0.4 is 0 Å². The lowest BCUT2D eigenvalue weighted by Gasteiger charge is -2.15. The molecule has 10 rings (SSSR count). The Morgan fingerprint density at radius 3 is 1.95 bits per heavy atom. The van der Waals surface area contributed by atoms with Gasteiger partial charge in [0.15, 0.2) is 5.82 Å². The topological polar surface area (TPSA) is 59.4 Å². The van der Waals surface area contributed by atoms with Crippen molar-refractivity contribution in [3.8, 4) is 40.1 Å². The second-order valence-corrected chi connectivity index (χ2v) is 14.3. The Bertz CT molecular complexity index is 3250. The number of benzene rings is 7. The maximum Gasteiger partial charge on any atom is 0.160 e. The second kappa shape index (κ2) is 13.8. The first-order valence-corrected chi connectivity index (χ1v) is 19.0. The van der Waals surface area contributed by atoms with Crippen LogP contribution in [0, 0.1) is 18.3 Å². The molecule has 0 aliphatic carbocycles. The number of fused-ring (bicyclic) bond motifs is 6. The van der Waals surface area contributed by atoms with Crippen molar-refractivity contribution in [1.82, 2.24) is 19.1 Å². The van der Waals surface area contributed by atoms with Gasteiger partial charge in [-0.2, -0.15) is 5.26 Å². The zero-order valence-electron chi connectivity index (χ0n) is 31.3. The van der Waals surface area contributed by atoms with Gasteiger partial charge in [-0.25, -0.2) is 9.97 Å². The molecule has 7 aromatic carbocycles. The van der Waals surface area contributed by atoms with Gasteiger partial charge in [0.25, 0.3) is 0 Å². The molecule has 0 N–H and O–H groups in total. The van der Waals surface area contributed by atoms with E-state index >= 15 is 0 Å². The number of hydrogen-bond donors (Lipinski definition) is 0. The highest BCUT2D eigenvalue weighted by molar-refractivity contribution is 6.21. The van der Waals surface area contributed by atoms with Gasteiger partial charge < -0.3 is 9.13 Å². The second-order valence-electron chi connectivity index (χ2n) is 14.3. The van der Waals surface area contributed by atoms with E-state index in [2.05, 4.69) is 150 Å². The van der Waals surface area contributed by atoms with Crippen molar-refractivity contribution in [1.29, 1.82) is 5.26 Å². The van der Waals surface area contributed by atoms with Gasteiger partial charge in [0.1, 0.15) is 11.6 Å². The molecule has 0 unspecified atom stereocenters. The number of aryl methyl sites for hydroxylation is 1. The standard InChI is InChI=1S/C52H35N5/c1-34-17-12-13-18-36(34)30-29-35(2)49-45(33-53)50(55-52(54-49)37-19-6-3-7-20-37)42-27-16-26-41-44-31-43-40-25-14-15-28-46(40)56(38-21-8-4-9-22-38)47(43)32-48(44)57(51(41)42)39-23-10-5-11-24-39/h3-32H,2H2,1H3/b30-29-. The molecular weight excluding hydrogens is 695 g/mol. The molecule has 268 valence electrons. The summed E-state index contributed by atoms with van der Waals surface area (Å²) in [6.45, 7) is 6.54. The lowest BCUT2D eigenvalue weighted by molar-refractivity contribution is 1.13. The van der Waals surface area contributed by atoms with Crippen molar-refractivity contribution >= 4 is 55.3 Å². The summed E-state index contributed by atoms with van der Waals surface area (Å²) in [5.74, 6) is 0.526. The normalized spacial score (nSPS) is 11.6. The summed E-state index contributed by atoms with van der Waals surface area (Å²) in [5, 5.41) is 15.6. The fraction of sp³-hybridized carbons (Fsp3) is 0.0192. The van der Waals surface area contributed by atoms with Crippen molar-refractivity contribution in [2.24, 2.45) is 0 Å². The van der Waals surface area contributed by atoms with Crippen LogP contribution in [-0.2, 0) is 0 Å². The third kappa shape index (κ3) is 5.63. The molecule has 3 heterocycles. The Kier molecular flexibility index (Phi) is 8.17. The van der Waals surface area contributed by atoms with Crippen molar-refractivity contribution in [2.75, 3.05) is 0 Å². The Balaban J connectivity index is 1.30. The smallest absolute Gasteiger partial charge is 0.160 e. The molecule has 57 heavy (non-hydrogen) atoms. The van der Waals surface area contributed by atoms with Crippen LogP contribution in [0.15, 0.2) is 183 Å². The van der Waals surface area contributed by atoms with Crippen LogP contribution in [0.5, 0.6) is 0 Å². The molecule has 0 saturated carbocycles. The number of allylic oxidation sites excluding steroid dienone is 2. The third-order valence-electron chi connectivity index (χ3n) is 10.9. The van der Waals surface area contributed by atoms with Crippen molar-refractivity contribution in [3.63, 3.8) is 0 Å². The number of aromatic nitrogens is 4. The van der Waals surface area contributed by atoms with Gasteiger partial charge in [-0.05, 0) is 66.1 Å². The summed E-state index contributed by atoms with van der Waals surface area (Å²) < 4.78 is 4.68. The zero-order chi connectivity index (χ0) is 38.5. The molecule has 0 atom stereocenters. The summed E-state index contributed by atoms with van der Waals surface area (Å²) in [6, 6.07) is 61.2. The van der Waals surface area contributed by atoms with E-state index in [-0.39, 0.29) is 0 Å². The van der Waals surface area contributed by atoms with E-state index in [9.17, 15) is 5.26 Å². The average Bonchev–Trinajstić information content (AvgIpc) is 3.77. The fourth-order valence-electron chi connectivity index (χ4n) is 8.17. The Labute approximate surface area is 330 Å². The quantitative estimate of drug-likeness (QED) is 0.153. The fourth-order valence-corrected chi connectivity index (χ4v) is 8.17. The van der Waals surface area contributed by atoms with E-state index in [4.69, 9.17) is 9.97 Å². The van der Waals surface area contributed by atoms with E-state index in [1.165, 1.54) is 10.8 Å². The summed E-state index contributed by atoms with van der Waals surface area (Å²) in [5.41, 5.74) is 12.4. The maximum atomic E-state index is 11.0. The summed E-state index contributed by atoms with van der Waals surface area (Å²) in [4.78, 5) is 10.3. The molecule has 3 aromatic heterocycles. The zero-order valence-corrected chi connectivity index (χ0v) is 31.3. The van der Waals surface area contributed by atoms with E-state index < -0.39 is 0 Å². The molecular formula is C52H35N5. The van der Waals surface area contributed by atoms with Gasteiger partial charge in [0, 0.05) is 44.0 Å². The highest BCUT2D eigenvalue weighted by atomic mass is 15.0. The van der Waals surface area contributed by atoms with Gasteiger partial charge in [-0.15, -0.1) is 0 Å². The van der Waals surface area contributed by atoms with Crippen LogP contribution in [0.1, 0.15) is 22.4 Å². The van der Waals surface area contributed by atoms with Crippen LogP contribution in [-0.4, -0.2) is 19.1 Å². The Hall–Kier alpha value is -7.81. The highest BCUT2D eigenvalue weighted by Gasteiger charge is 2.24. The molecule has 0 fully saturated rings. The number of nitriles is 1. The van der Waals surface area contributed by atoms with Gasteiger partial charge in [0.05, 0.1) is 33.5 Å². The summed E-state index contributed by atoms with van der Waals surface area (Å²) in [7, 11) is 0. The third-order valence-corrected chi connectivity index (χ3v) is 10.9. The predicted octanol–water partition coefficient (Wildman–Crippen LogP) is 12.9. The monoisotopic (exact) mass is 729 g/mol. The maximum absolute atomic E-state index is 11.0. The molecule has 0 spiro atoms. The molecule has 0 amide bonds. The van der Waals surface area contributed by atoms with E-state index in [1.807, 2.05) is 60.7 Å². The molecule has 5 nitrogen and oxygen atoms in total. The van der Waals surface area contributed by atoms with Gasteiger partial charge in [-0.3, -0.25) is 0 Å². The Morgan fingerprint density at radius 2 is 1.21 bits per heavy atom. The molecule has 10 aromatic rings. The van der Waals surface area contributed by atoms with Crippen molar-refractivity contribution in [3.05, 3.63) is 205 Å². The first-order valence-electron chi connectivity index (χ1n) is 19.0. The minimum atomic E-state index is 0.373. The predicted molar refractivity (Wildman–Crippen MR) is 236 cm³/mol. The average molecular weight is 730 g/mol. The van der Waals surface area contributed by atoms with Gasteiger partial charge in [0.2, 0.25) is 0 Å². The van der Waals surface area contributed by atoms with Gasteiger partial charge >= 0.3 is 0 Å². The highest BCUT2D eigenvalue weighted by Crippen LogP contribution is 2.43. The molecule has 0 aliphatic heterocycles. The van der Waals surface area contributed by atoms with Crippen LogP contribution >= 0.6 is 0 Å². The SMILES string of the molecule is C=C(/C=C\c1ccccc1C)c1nc(-c2ccccc2)nc(-c2cccc3c4cc5c6ccccc6n(-c6ccccc6)c5cc4n(-c4ccccc4)c23)c1C#N. The molecule has 0 bridgehead atoms. The first kappa shape index (κ1) is 33.7. The van der Waals surface area contributed by atoms with Crippen molar-refractivity contribution in [2.45, 2.75) is 6.92 Å². The van der Waals surface area contributed by atoms with Crippen LogP contribution in [0.25, 0.3) is 89.3 Å². The van der Waals surface area contributed by atoms with Crippen molar-refractivity contribution < 1.29 is 0 Å². The largest absolute Gasteiger partial charge is 0.309 e. The van der Waals surface area contributed by atoms with Crippen LogP contribution in [0.3, 0.4) is 0 Å². The molecule has 5 heteroatoms. The molecule has 0 saturated heterocycles. The first-order chi connectivity index (χ1) is 28.1. The molecule has 0 aliphatic rings. The van der Waals surface area contributed by atoms with Crippen LogP contribution in [0.2, 0.25) is 0 Å². The Morgan fingerprint density at radius 1 is 0.596 bits per heavy atom. The van der Waals surface area contributed by atoms with Gasteiger partial charge in [-0.1, -0.05) is 146 Å². The van der Waals surface area contributed by atoms with E-state index in [0.29, 0.717) is 28.3 Å². The lowest BCUT2D eigenvalue weighted by atomic mass is 9.98. The summed E-state index contributed by atoms with van der Waals surface area (Å²) in [6.07, 6.45) is 3.98. The minimum absolute atomic E-state index is 0.373. The number of rotatable bonds is 7. The summed E-state index contributed by atoms with van der Waals surface area (Å²) >= 11 is 0. The van der Waals surface area contributed by atoms with Crippen LogP contribution in [0.4, 0.5) is 0 Å². The number of nitrogens with zero attached hydrogens (tertiary/aromatic N) is 5. The number of para-hydroxylation sites is 4. The molecule has 0 radical (unpaired) electrons. The van der Waals surface area contributed by atoms with E-state index in [1.54, 1.807) is 0 Å². The minimum Gasteiger partial charge on any atom is -0.309 e. The number of hydrogen-bond acceptors (Lipinski definition) is 3. The lowest BCUT2D eigenvalue weighted by Crippen LogP contribution is -2.04.